The molecule has 0 bridgehead atoms. The van der Waals surface area contributed by atoms with E-state index in [0.29, 0.717) is 12.2 Å². The largest absolute Gasteiger partial charge is 0.394 e. The number of unbranched alkanes of at least 4 members (excludes halogenated alkanes) is 2. The molecule has 0 aliphatic heterocycles. The summed E-state index contributed by atoms with van der Waals surface area (Å²) in [6.07, 6.45) is 12.0. The molecule has 2 atom stereocenters. The van der Waals surface area contributed by atoms with Crippen molar-refractivity contribution in [1.29, 1.82) is 0 Å². The maximum Gasteiger partial charge on any atom is 0.0662 e. The van der Waals surface area contributed by atoms with Crippen molar-refractivity contribution < 1.29 is 14.9 Å². The average molecular weight is 333 g/mol. The third kappa shape index (κ3) is 52.4. The van der Waals surface area contributed by atoms with Crippen LogP contribution < -0.4 is 0 Å². The number of aliphatic hydroxyl groups is 2. The Balaban J connectivity index is -0.000000148. The van der Waals surface area contributed by atoms with Crippen molar-refractivity contribution in [3.05, 3.63) is 25.3 Å². The predicted molar refractivity (Wildman–Crippen MR) is 105 cm³/mol. The van der Waals surface area contributed by atoms with Crippen LogP contribution in [0.5, 0.6) is 0 Å². The number of rotatable bonds is 9. The Kier molecular flexibility index (Phi) is 43.5. The van der Waals surface area contributed by atoms with Crippen LogP contribution in [0, 0.1) is 0 Å². The molecule has 0 fully saturated rings. The van der Waals surface area contributed by atoms with E-state index in [1.54, 1.807) is 12.2 Å². The Morgan fingerprint density at radius 2 is 1.09 bits per heavy atom. The summed E-state index contributed by atoms with van der Waals surface area (Å²) < 4.78 is 5.85. The number of aliphatic hydroxyl groups excluding tert-OH is 2. The summed E-state index contributed by atoms with van der Waals surface area (Å²) in [5.41, 5.74) is 0. The molecule has 0 rings (SSSR count). The zero-order chi connectivity index (χ0) is 18.9. The first-order valence-electron chi connectivity index (χ1n) is 8.96. The molecule has 23 heavy (non-hydrogen) atoms. The highest BCUT2D eigenvalue weighted by molar-refractivity contribution is 4.56. The van der Waals surface area contributed by atoms with Gasteiger partial charge in [-0.05, 0) is 40.5 Å². The normalized spacial score (nSPS) is 11.3. The van der Waals surface area contributed by atoms with Gasteiger partial charge in [-0.2, -0.15) is 0 Å². The second-order valence-electron chi connectivity index (χ2n) is 5.31. The van der Waals surface area contributed by atoms with Gasteiger partial charge in [0.2, 0.25) is 0 Å². The van der Waals surface area contributed by atoms with Crippen LogP contribution in [-0.2, 0) is 4.74 Å². The fraction of sp³-hybridized carbons (Fsp3) is 0.800. The molecule has 0 aromatic heterocycles. The summed E-state index contributed by atoms with van der Waals surface area (Å²) in [5, 5.41) is 15.2. The molecule has 0 spiro atoms. The van der Waals surface area contributed by atoms with E-state index in [-0.39, 0.29) is 13.2 Å². The zero-order valence-corrected chi connectivity index (χ0v) is 16.7. The van der Waals surface area contributed by atoms with Gasteiger partial charge in [0.05, 0.1) is 25.4 Å². The molecular formula is C20H44O3. The van der Waals surface area contributed by atoms with E-state index < -0.39 is 0 Å². The fourth-order valence-corrected chi connectivity index (χ4v) is 1.52. The molecule has 0 aromatic carbocycles. The summed E-state index contributed by atoms with van der Waals surface area (Å²) in [6, 6.07) is 0. The van der Waals surface area contributed by atoms with Crippen molar-refractivity contribution >= 4 is 0 Å². The van der Waals surface area contributed by atoms with E-state index in [1.807, 2.05) is 13.8 Å². The highest BCUT2D eigenvalue weighted by atomic mass is 16.5. The Labute approximate surface area is 146 Å². The van der Waals surface area contributed by atoms with Crippen molar-refractivity contribution in [3.8, 4) is 0 Å². The Morgan fingerprint density at radius 1 is 0.826 bits per heavy atom. The van der Waals surface area contributed by atoms with Gasteiger partial charge in [-0.3, -0.25) is 0 Å². The zero-order valence-electron chi connectivity index (χ0n) is 16.7. The van der Waals surface area contributed by atoms with Crippen LogP contribution in [0.4, 0.5) is 0 Å². The summed E-state index contributed by atoms with van der Waals surface area (Å²) in [5.74, 6) is 0. The average Bonchev–Trinajstić information content (AvgIpc) is 2.52. The Bertz CT molecular complexity index is 173. The first kappa shape index (κ1) is 30.3. The Hall–Kier alpha value is -0.640. The topological polar surface area (TPSA) is 49.7 Å². The van der Waals surface area contributed by atoms with E-state index in [4.69, 9.17) is 14.9 Å². The second kappa shape index (κ2) is 33.1. The molecule has 0 saturated heterocycles. The van der Waals surface area contributed by atoms with Crippen LogP contribution in [-0.4, -0.2) is 35.6 Å². The van der Waals surface area contributed by atoms with Gasteiger partial charge in [0.25, 0.3) is 0 Å². The molecule has 3 nitrogen and oxygen atoms in total. The minimum absolute atomic E-state index is 0.125. The first-order valence-corrected chi connectivity index (χ1v) is 8.96. The van der Waals surface area contributed by atoms with Crippen LogP contribution >= 0.6 is 0 Å². The van der Waals surface area contributed by atoms with E-state index in [1.165, 1.54) is 38.5 Å². The molecule has 0 amide bonds. The van der Waals surface area contributed by atoms with E-state index in [0.717, 1.165) is 0 Å². The molecule has 0 saturated carbocycles. The Morgan fingerprint density at radius 3 is 1.26 bits per heavy atom. The van der Waals surface area contributed by atoms with Crippen molar-refractivity contribution in [1.82, 2.24) is 0 Å². The van der Waals surface area contributed by atoms with Gasteiger partial charge in [-0.15, -0.1) is 13.2 Å². The fourth-order valence-electron chi connectivity index (χ4n) is 1.52. The van der Waals surface area contributed by atoms with E-state index >= 15 is 0 Å². The summed E-state index contributed by atoms with van der Waals surface area (Å²) in [4.78, 5) is 0. The lowest BCUT2D eigenvalue weighted by Crippen LogP contribution is -2.16. The number of hydrogen-bond acceptors (Lipinski definition) is 3. The minimum atomic E-state index is -0.125. The van der Waals surface area contributed by atoms with Crippen molar-refractivity contribution in [2.24, 2.45) is 0 Å². The number of hydrogen-bond donors (Lipinski definition) is 2. The van der Waals surface area contributed by atoms with Gasteiger partial charge in [0.15, 0.2) is 0 Å². The maximum atomic E-state index is 7.62. The van der Waals surface area contributed by atoms with Gasteiger partial charge >= 0.3 is 0 Å². The van der Waals surface area contributed by atoms with Crippen molar-refractivity contribution in [2.45, 2.75) is 92.3 Å². The second-order valence-corrected chi connectivity index (χ2v) is 5.31. The molecule has 0 aliphatic carbocycles. The standard InChI is InChI=1S/C12H26O.2C3H6.C2H6O2/c1-5-7-9-11(3)13-12(4)10-8-6-2;2*1-3-2;3-1-2-4/h11-12H,5-10H2,1-4H3;2*3H,1H2,2H3;3-4H,1-2H2. The van der Waals surface area contributed by atoms with Crippen LogP contribution in [0.2, 0.25) is 0 Å². The van der Waals surface area contributed by atoms with Crippen LogP contribution in [0.25, 0.3) is 0 Å². The lowest BCUT2D eigenvalue weighted by Gasteiger charge is -2.18. The number of allylic oxidation sites excluding steroid dienone is 2. The SMILES string of the molecule is C=CC.C=CC.CCCCC(C)OC(C)CCCC.OCCO. The third-order valence-electron chi connectivity index (χ3n) is 2.49. The summed E-state index contributed by atoms with van der Waals surface area (Å²) in [7, 11) is 0. The van der Waals surface area contributed by atoms with Gasteiger partial charge < -0.3 is 14.9 Å². The van der Waals surface area contributed by atoms with Crippen LogP contribution in [0.15, 0.2) is 25.3 Å². The lowest BCUT2D eigenvalue weighted by molar-refractivity contribution is -0.00188. The lowest BCUT2D eigenvalue weighted by atomic mass is 10.1. The van der Waals surface area contributed by atoms with E-state index in [2.05, 4.69) is 40.9 Å². The molecule has 0 radical (unpaired) electrons. The van der Waals surface area contributed by atoms with Gasteiger partial charge in [-0.1, -0.05) is 51.7 Å². The monoisotopic (exact) mass is 332 g/mol. The molecule has 142 valence electrons. The molecule has 0 heterocycles. The molecule has 2 unspecified atom stereocenters. The molecular weight excluding hydrogens is 288 g/mol. The minimum Gasteiger partial charge on any atom is -0.394 e. The molecule has 0 aromatic rings. The molecule has 3 heteroatoms. The highest BCUT2D eigenvalue weighted by Gasteiger charge is 2.07. The highest BCUT2D eigenvalue weighted by Crippen LogP contribution is 2.10. The van der Waals surface area contributed by atoms with Crippen molar-refractivity contribution in [3.63, 3.8) is 0 Å². The predicted octanol–water partition coefficient (Wildman–Crippen LogP) is 5.52. The van der Waals surface area contributed by atoms with Crippen LogP contribution in [0.1, 0.15) is 80.1 Å². The van der Waals surface area contributed by atoms with Crippen molar-refractivity contribution in [2.75, 3.05) is 13.2 Å². The number of ether oxygens (including phenoxy) is 1. The molecule has 0 aliphatic rings. The molecule has 2 N–H and O–H groups in total. The summed E-state index contributed by atoms with van der Waals surface area (Å²) >= 11 is 0. The van der Waals surface area contributed by atoms with Gasteiger partial charge in [0.1, 0.15) is 0 Å². The maximum absolute atomic E-state index is 7.62. The quantitative estimate of drug-likeness (QED) is 0.547. The summed E-state index contributed by atoms with van der Waals surface area (Å²) in [6.45, 7) is 19.1. The smallest absolute Gasteiger partial charge is 0.0662 e. The van der Waals surface area contributed by atoms with Crippen LogP contribution in [0.3, 0.4) is 0 Å². The van der Waals surface area contributed by atoms with Gasteiger partial charge in [-0.25, -0.2) is 0 Å². The first-order chi connectivity index (χ1) is 10.9. The van der Waals surface area contributed by atoms with E-state index in [9.17, 15) is 0 Å². The van der Waals surface area contributed by atoms with Gasteiger partial charge in [0, 0.05) is 0 Å². The third-order valence-corrected chi connectivity index (χ3v) is 2.49.